The maximum absolute atomic E-state index is 11.9. The van der Waals surface area contributed by atoms with E-state index in [2.05, 4.69) is 11.7 Å². The first-order valence-corrected chi connectivity index (χ1v) is 4.91. The van der Waals surface area contributed by atoms with Crippen molar-refractivity contribution in [1.82, 2.24) is 10.1 Å². The van der Waals surface area contributed by atoms with E-state index in [0.717, 1.165) is 5.57 Å². The monoisotopic (exact) mass is 208 g/mol. The fourth-order valence-corrected chi connectivity index (χ4v) is 1.28. The molecule has 0 fully saturated rings. The van der Waals surface area contributed by atoms with Crippen LogP contribution >= 0.6 is 0 Å². The van der Waals surface area contributed by atoms with Gasteiger partial charge in [-0.1, -0.05) is 17.3 Å². The lowest BCUT2D eigenvalue weighted by Crippen LogP contribution is -2.32. The van der Waals surface area contributed by atoms with Crippen LogP contribution in [0.2, 0.25) is 0 Å². The number of nitrogens with zero attached hydrogens (tertiary/aromatic N) is 2. The molecule has 82 valence electrons. The molecule has 0 unspecified atom stereocenters. The molecule has 0 aliphatic rings. The van der Waals surface area contributed by atoms with Gasteiger partial charge < -0.3 is 9.42 Å². The van der Waals surface area contributed by atoms with E-state index in [1.165, 1.54) is 0 Å². The molecule has 0 saturated carbocycles. The quantitative estimate of drug-likeness (QED) is 0.711. The average Bonchev–Trinajstić information content (AvgIpc) is 2.60. The van der Waals surface area contributed by atoms with Gasteiger partial charge in [0, 0.05) is 19.2 Å². The Bertz CT molecular complexity index is 368. The molecule has 0 bridgehead atoms. The van der Waals surface area contributed by atoms with Crippen LogP contribution in [-0.2, 0) is 0 Å². The third-order valence-corrected chi connectivity index (χ3v) is 1.98. The third kappa shape index (κ3) is 2.94. The van der Waals surface area contributed by atoms with Crippen LogP contribution in [-0.4, -0.2) is 29.1 Å². The van der Waals surface area contributed by atoms with Crippen molar-refractivity contribution in [2.24, 2.45) is 0 Å². The Morgan fingerprint density at radius 1 is 1.67 bits per heavy atom. The SMILES string of the molecule is C=C(C)CN(CC)C(=O)c1cc(C)on1. The van der Waals surface area contributed by atoms with E-state index in [1.807, 2.05) is 13.8 Å². The van der Waals surface area contributed by atoms with E-state index in [4.69, 9.17) is 4.52 Å². The molecule has 0 atom stereocenters. The number of amides is 1. The molecule has 0 aromatic carbocycles. The summed E-state index contributed by atoms with van der Waals surface area (Å²) >= 11 is 0. The molecule has 4 nitrogen and oxygen atoms in total. The third-order valence-electron chi connectivity index (χ3n) is 1.98. The Kier molecular flexibility index (Phi) is 3.66. The topological polar surface area (TPSA) is 46.3 Å². The predicted octanol–water partition coefficient (Wildman–Crippen LogP) is 2.02. The van der Waals surface area contributed by atoms with Gasteiger partial charge in [0.25, 0.3) is 5.91 Å². The summed E-state index contributed by atoms with van der Waals surface area (Å²) in [6.45, 7) is 10.6. The zero-order chi connectivity index (χ0) is 11.4. The maximum Gasteiger partial charge on any atom is 0.276 e. The number of likely N-dealkylation sites (N-methyl/N-ethyl adjacent to an activating group) is 1. The average molecular weight is 208 g/mol. The summed E-state index contributed by atoms with van der Waals surface area (Å²) < 4.78 is 4.87. The fourth-order valence-electron chi connectivity index (χ4n) is 1.28. The molecular weight excluding hydrogens is 192 g/mol. The maximum atomic E-state index is 11.9. The smallest absolute Gasteiger partial charge is 0.276 e. The molecule has 0 saturated heterocycles. The number of carbonyl (C=O) groups is 1. The molecule has 1 amide bonds. The van der Waals surface area contributed by atoms with E-state index >= 15 is 0 Å². The van der Waals surface area contributed by atoms with Gasteiger partial charge in [0.1, 0.15) is 5.76 Å². The lowest BCUT2D eigenvalue weighted by molar-refractivity contribution is 0.0768. The Hall–Kier alpha value is -1.58. The Balaban J connectivity index is 2.77. The molecular formula is C11H16N2O2. The molecule has 0 spiro atoms. The molecule has 0 aliphatic heterocycles. The van der Waals surface area contributed by atoms with Crippen molar-refractivity contribution in [3.8, 4) is 0 Å². The van der Waals surface area contributed by atoms with Crippen molar-refractivity contribution in [1.29, 1.82) is 0 Å². The summed E-state index contributed by atoms with van der Waals surface area (Å²) in [5.41, 5.74) is 1.31. The second kappa shape index (κ2) is 4.77. The summed E-state index contributed by atoms with van der Waals surface area (Å²) in [5, 5.41) is 3.70. The van der Waals surface area contributed by atoms with Gasteiger partial charge in [-0.25, -0.2) is 0 Å². The standard InChI is InChI=1S/C11H16N2O2/c1-5-13(7-8(2)3)11(14)10-6-9(4)15-12-10/h6H,2,5,7H2,1,3-4H3. The Morgan fingerprint density at radius 3 is 2.73 bits per heavy atom. The van der Waals surface area contributed by atoms with Crippen LogP contribution in [0, 0.1) is 6.92 Å². The molecule has 0 N–H and O–H groups in total. The molecule has 0 radical (unpaired) electrons. The largest absolute Gasteiger partial charge is 0.361 e. The summed E-state index contributed by atoms with van der Waals surface area (Å²) in [7, 11) is 0. The van der Waals surface area contributed by atoms with Crippen LogP contribution in [0.15, 0.2) is 22.7 Å². The van der Waals surface area contributed by atoms with E-state index in [-0.39, 0.29) is 5.91 Å². The van der Waals surface area contributed by atoms with Gasteiger partial charge in [0.15, 0.2) is 5.69 Å². The fraction of sp³-hybridized carbons (Fsp3) is 0.455. The second-order valence-electron chi connectivity index (χ2n) is 3.60. The molecule has 1 aromatic heterocycles. The molecule has 1 rings (SSSR count). The number of aryl methyl sites for hydroxylation is 1. The van der Waals surface area contributed by atoms with Crippen molar-refractivity contribution >= 4 is 5.91 Å². The number of hydrogen-bond donors (Lipinski definition) is 0. The van der Waals surface area contributed by atoms with Crippen LogP contribution in [0.5, 0.6) is 0 Å². The first-order valence-electron chi connectivity index (χ1n) is 4.91. The van der Waals surface area contributed by atoms with Crippen molar-refractivity contribution in [2.75, 3.05) is 13.1 Å². The Labute approximate surface area is 89.5 Å². The highest BCUT2D eigenvalue weighted by Crippen LogP contribution is 2.07. The van der Waals surface area contributed by atoms with Crippen molar-refractivity contribution in [2.45, 2.75) is 20.8 Å². The van der Waals surface area contributed by atoms with Gasteiger partial charge in [0.05, 0.1) is 0 Å². The molecule has 15 heavy (non-hydrogen) atoms. The van der Waals surface area contributed by atoms with Crippen LogP contribution in [0.4, 0.5) is 0 Å². The lowest BCUT2D eigenvalue weighted by Gasteiger charge is -2.19. The molecule has 0 aliphatic carbocycles. The van der Waals surface area contributed by atoms with Crippen LogP contribution in [0.1, 0.15) is 30.1 Å². The molecule has 1 heterocycles. The highest BCUT2D eigenvalue weighted by Gasteiger charge is 2.17. The predicted molar refractivity (Wildman–Crippen MR) is 57.6 cm³/mol. The van der Waals surface area contributed by atoms with Crippen molar-refractivity contribution < 1.29 is 9.32 Å². The summed E-state index contributed by atoms with van der Waals surface area (Å²) in [4.78, 5) is 13.6. The summed E-state index contributed by atoms with van der Waals surface area (Å²) in [5.74, 6) is 0.530. The number of aromatic nitrogens is 1. The molecule has 1 aromatic rings. The van der Waals surface area contributed by atoms with Crippen molar-refractivity contribution in [3.63, 3.8) is 0 Å². The van der Waals surface area contributed by atoms with Crippen LogP contribution in [0.3, 0.4) is 0 Å². The lowest BCUT2D eigenvalue weighted by atomic mass is 10.2. The zero-order valence-electron chi connectivity index (χ0n) is 9.41. The Morgan fingerprint density at radius 2 is 2.33 bits per heavy atom. The first kappa shape index (κ1) is 11.5. The first-order chi connectivity index (χ1) is 7.04. The molecule has 4 heteroatoms. The highest BCUT2D eigenvalue weighted by molar-refractivity contribution is 5.92. The minimum absolute atomic E-state index is 0.114. The van der Waals surface area contributed by atoms with Gasteiger partial charge in [-0.3, -0.25) is 4.79 Å². The van der Waals surface area contributed by atoms with Gasteiger partial charge in [0.2, 0.25) is 0 Å². The second-order valence-corrected chi connectivity index (χ2v) is 3.60. The van der Waals surface area contributed by atoms with Crippen LogP contribution in [0.25, 0.3) is 0 Å². The number of carbonyl (C=O) groups excluding carboxylic acids is 1. The summed E-state index contributed by atoms with van der Waals surface area (Å²) in [6.07, 6.45) is 0. The van der Waals surface area contributed by atoms with E-state index in [1.54, 1.807) is 17.9 Å². The zero-order valence-corrected chi connectivity index (χ0v) is 9.41. The normalized spacial score (nSPS) is 10.1. The summed E-state index contributed by atoms with van der Waals surface area (Å²) in [6, 6.07) is 1.64. The highest BCUT2D eigenvalue weighted by atomic mass is 16.5. The van der Waals surface area contributed by atoms with Crippen molar-refractivity contribution in [3.05, 3.63) is 29.7 Å². The van der Waals surface area contributed by atoms with Gasteiger partial charge >= 0.3 is 0 Å². The number of rotatable bonds is 4. The van der Waals surface area contributed by atoms with E-state index < -0.39 is 0 Å². The minimum Gasteiger partial charge on any atom is -0.361 e. The van der Waals surface area contributed by atoms with Gasteiger partial charge in [-0.2, -0.15) is 0 Å². The minimum atomic E-state index is -0.114. The van der Waals surface area contributed by atoms with E-state index in [9.17, 15) is 4.79 Å². The van der Waals surface area contributed by atoms with Crippen LogP contribution < -0.4 is 0 Å². The van der Waals surface area contributed by atoms with Gasteiger partial charge in [-0.15, -0.1) is 0 Å². The number of hydrogen-bond acceptors (Lipinski definition) is 3. The van der Waals surface area contributed by atoms with Gasteiger partial charge in [-0.05, 0) is 20.8 Å². The van der Waals surface area contributed by atoms with E-state index in [0.29, 0.717) is 24.5 Å².